The number of ether oxygens (including phenoxy) is 1. The van der Waals surface area contributed by atoms with E-state index in [1.165, 1.54) is 11.3 Å². The number of morpholine rings is 1. The number of hydrogen-bond donors (Lipinski definition) is 1. The number of rotatable bonds is 10. The predicted octanol–water partition coefficient (Wildman–Crippen LogP) is 2.70. The summed E-state index contributed by atoms with van der Waals surface area (Å²) in [7, 11) is 0. The lowest BCUT2D eigenvalue weighted by Gasteiger charge is -2.35. The van der Waals surface area contributed by atoms with Gasteiger partial charge in [0.2, 0.25) is 11.8 Å². The second-order valence-corrected chi connectivity index (χ2v) is 10.4. The third-order valence-corrected chi connectivity index (χ3v) is 7.43. The molecule has 1 aliphatic rings. The lowest BCUT2D eigenvalue weighted by Crippen LogP contribution is -2.52. The molecule has 0 bridgehead atoms. The van der Waals surface area contributed by atoms with Crippen LogP contribution in [-0.4, -0.2) is 81.5 Å². The number of amides is 2. The maximum atomic E-state index is 13.8. The first-order valence-electron chi connectivity index (χ1n) is 12.1. The number of hydrogen-bond acceptors (Lipinski definition) is 7. The van der Waals surface area contributed by atoms with Gasteiger partial charge in [-0.1, -0.05) is 30.3 Å². The zero-order valence-electron chi connectivity index (χ0n) is 20.6. The van der Waals surface area contributed by atoms with E-state index in [0.29, 0.717) is 26.3 Å². The molecule has 10 heteroatoms. The van der Waals surface area contributed by atoms with Crippen molar-refractivity contribution >= 4 is 34.2 Å². The van der Waals surface area contributed by atoms with Gasteiger partial charge in [-0.15, -0.1) is 16.4 Å². The number of aromatic nitrogens is 3. The van der Waals surface area contributed by atoms with Crippen molar-refractivity contribution in [3.8, 4) is 0 Å². The first-order valence-corrected chi connectivity index (χ1v) is 13.0. The second kappa shape index (κ2) is 11.3. The summed E-state index contributed by atoms with van der Waals surface area (Å²) in [6, 6.07) is 10.7. The lowest BCUT2D eigenvalue weighted by molar-refractivity contribution is -0.142. The van der Waals surface area contributed by atoms with Crippen LogP contribution in [0.15, 0.2) is 41.8 Å². The van der Waals surface area contributed by atoms with Gasteiger partial charge < -0.3 is 15.0 Å². The molecule has 1 atom stereocenters. The standard InChI is InChI=1S/C25H34N6O3S/c1-4-25(2,3)26-24(33)23(21-10-7-17-35-21)30(12-11-29-13-15-34-16-14-29)22(32)18-31-20-9-6-5-8-19(20)27-28-31/h5-10,17,23H,4,11-16,18H2,1-3H3,(H,26,33)/t23-/m0/s1. The topological polar surface area (TPSA) is 92.6 Å². The summed E-state index contributed by atoms with van der Waals surface area (Å²) in [5.74, 6) is -0.338. The van der Waals surface area contributed by atoms with Gasteiger partial charge in [0, 0.05) is 36.6 Å². The molecule has 2 aromatic heterocycles. The number of nitrogens with one attached hydrogen (secondary N) is 1. The van der Waals surface area contributed by atoms with Crippen molar-refractivity contribution in [3.05, 3.63) is 46.7 Å². The molecule has 188 valence electrons. The molecule has 1 N–H and O–H groups in total. The minimum atomic E-state index is -0.718. The Bertz CT molecular complexity index is 1120. The van der Waals surface area contributed by atoms with Gasteiger partial charge in [0.1, 0.15) is 18.1 Å². The summed E-state index contributed by atoms with van der Waals surface area (Å²) in [6.07, 6.45) is 0.780. The highest BCUT2D eigenvalue weighted by atomic mass is 32.1. The van der Waals surface area contributed by atoms with Crippen LogP contribution in [0.2, 0.25) is 0 Å². The number of carbonyl (C=O) groups is 2. The maximum absolute atomic E-state index is 13.8. The highest BCUT2D eigenvalue weighted by Crippen LogP contribution is 2.27. The second-order valence-electron chi connectivity index (χ2n) is 9.42. The molecule has 2 amide bonds. The molecule has 1 aliphatic heterocycles. The van der Waals surface area contributed by atoms with Crippen LogP contribution in [0.5, 0.6) is 0 Å². The number of carbonyl (C=O) groups excluding carboxylic acids is 2. The van der Waals surface area contributed by atoms with Gasteiger partial charge in [-0.3, -0.25) is 14.5 Å². The Kier molecular flexibility index (Phi) is 8.15. The van der Waals surface area contributed by atoms with E-state index in [1.807, 2.05) is 62.5 Å². The molecule has 0 aliphatic carbocycles. The fourth-order valence-electron chi connectivity index (χ4n) is 4.09. The molecule has 4 rings (SSSR count). The maximum Gasteiger partial charge on any atom is 0.248 e. The molecule has 0 radical (unpaired) electrons. The molecule has 0 saturated carbocycles. The van der Waals surface area contributed by atoms with Crippen molar-refractivity contribution < 1.29 is 14.3 Å². The zero-order chi connectivity index (χ0) is 24.8. The molecule has 35 heavy (non-hydrogen) atoms. The van der Waals surface area contributed by atoms with Crippen molar-refractivity contribution in [2.75, 3.05) is 39.4 Å². The Morgan fingerprint density at radius 1 is 1.20 bits per heavy atom. The van der Waals surface area contributed by atoms with E-state index in [0.717, 1.165) is 35.4 Å². The van der Waals surface area contributed by atoms with Crippen LogP contribution in [0.25, 0.3) is 11.0 Å². The van der Waals surface area contributed by atoms with E-state index in [-0.39, 0.29) is 23.9 Å². The Labute approximate surface area is 210 Å². The van der Waals surface area contributed by atoms with E-state index < -0.39 is 6.04 Å². The molecule has 0 spiro atoms. The molecule has 9 nitrogen and oxygen atoms in total. The van der Waals surface area contributed by atoms with E-state index in [2.05, 4.69) is 20.5 Å². The normalized spacial score (nSPS) is 15.7. The Morgan fingerprint density at radius 2 is 1.97 bits per heavy atom. The van der Waals surface area contributed by atoms with E-state index in [9.17, 15) is 9.59 Å². The lowest BCUT2D eigenvalue weighted by atomic mass is 10.0. The van der Waals surface area contributed by atoms with Crippen molar-refractivity contribution in [1.82, 2.24) is 30.1 Å². The molecule has 1 fully saturated rings. The van der Waals surface area contributed by atoms with Gasteiger partial charge in [0.05, 0.1) is 18.7 Å². The predicted molar refractivity (Wildman–Crippen MR) is 136 cm³/mol. The average molecular weight is 499 g/mol. The summed E-state index contributed by atoms with van der Waals surface area (Å²) >= 11 is 1.49. The van der Waals surface area contributed by atoms with Crippen molar-refractivity contribution in [1.29, 1.82) is 0 Å². The number of fused-ring (bicyclic) bond motifs is 1. The Morgan fingerprint density at radius 3 is 2.69 bits per heavy atom. The van der Waals surface area contributed by atoms with Gasteiger partial charge in [-0.05, 0) is 43.8 Å². The Hall–Kier alpha value is -2.82. The number of benzene rings is 1. The van der Waals surface area contributed by atoms with Gasteiger partial charge >= 0.3 is 0 Å². The molecule has 3 aromatic rings. The van der Waals surface area contributed by atoms with Crippen LogP contribution in [0, 0.1) is 0 Å². The van der Waals surface area contributed by atoms with Crippen LogP contribution >= 0.6 is 11.3 Å². The van der Waals surface area contributed by atoms with Crippen LogP contribution in [0.3, 0.4) is 0 Å². The molecular formula is C25H34N6O3S. The van der Waals surface area contributed by atoms with Gasteiger partial charge in [0.15, 0.2) is 0 Å². The largest absolute Gasteiger partial charge is 0.379 e. The third kappa shape index (κ3) is 6.25. The quantitative estimate of drug-likeness (QED) is 0.462. The minimum Gasteiger partial charge on any atom is -0.379 e. The van der Waals surface area contributed by atoms with Crippen LogP contribution < -0.4 is 5.32 Å². The number of thiophene rings is 1. The first-order chi connectivity index (χ1) is 16.9. The van der Waals surface area contributed by atoms with Crippen LogP contribution in [0.1, 0.15) is 38.1 Å². The Balaban J connectivity index is 1.63. The highest BCUT2D eigenvalue weighted by molar-refractivity contribution is 7.10. The van der Waals surface area contributed by atoms with E-state index in [1.54, 1.807) is 9.58 Å². The van der Waals surface area contributed by atoms with Crippen LogP contribution in [0.4, 0.5) is 0 Å². The SMILES string of the molecule is CCC(C)(C)NC(=O)[C@H](c1cccs1)N(CCN1CCOCC1)C(=O)Cn1nnc2ccccc21. The summed E-state index contributed by atoms with van der Waals surface area (Å²) in [4.78, 5) is 32.3. The zero-order valence-corrected chi connectivity index (χ0v) is 21.5. The molecule has 0 unspecified atom stereocenters. The smallest absolute Gasteiger partial charge is 0.248 e. The fraction of sp³-hybridized carbons (Fsp3) is 0.520. The molecule has 1 aromatic carbocycles. The van der Waals surface area contributed by atoms with E-state index >= 15 is 0 Å². The monoisotopic (exact) mass is 498 g/mol. The van der Waals surface area contributed by atoms with Crippen LogP contribution in [-0.2, 0) is 20.9 Å². The highest BCUT2D eigenvalue weighted by Gasteiger charge is 2.35. The third-order valence-electron chi connectivity index (χ3n) is 6.50. The first kappa shape index (κ1) is 25.3. The molecule has 3 heterocycles. The van der Waals surface area contributed by atoms with Gasteiger partial charge in [-0.25, -0.2) is 4.68 Å². The molecule has 1 saturated heterocycles. The van der Waals surface area contributed by atoms with Gasteiger partial charge in [-0.2, -0.15) is 0 Å². The van der Waals surface area contributed by atoms with E-state index in [4.69, 9.17) is 4.74 Å². The van der Waals surface area contributed by atoms with Crippen molar-refractivity contribution in [2.45, 2.75) is 45.3 Å². The van der Waals surface area contributed by atoms with Gasteiger partial charge in [0.25, 0.3) is 0 Å². The summed E-state index contributed by atoms with van der Waals surface area (Å²) in [6.45, 7) is 10.1. The average Bonchev–Trinajstić information content (AvgIpc) is 3.52. The summed E-state index contributed by atoms with van der Waals surface area (Å²) < 4.78 is 7.08. The summed E-state index contributed by atoms with van der Waals surface area (Å²) in [5.41, 5.74) is 1.14. The van der Waals surface area contributed by atoms with Crippen molar-refractivity contribution in [2.24, 2.45) is 0 Å². The van der Waals surface area contributed by atoms with Crippen molar-refractivity contribution in [3.63, 3.8) is 0 Å². The number of para-hydroxylation sites is 1. The minimum absolute atomic E-state index is 0.00987. The number of nitrogens with zero attached hydrogens (tertiary/aromatic N) is 5. The summed E-state index contributed by atoms with van der Waals surface area (Å²) in [5, 5.41) is 13.5. The molecular weight excluding hydrogens is 464 g/mol. The fourth-order valence-corrected chi connectivity index (χ4v) is 4.92.